The van der Waals surface area contributed by atoms with Crippen LogP contribution in [-0.2, 0) is 11.2 Å². The molecule has 0 radical (unpaired) electrons. The van der Waals surface area contributed by atoms with Crippen molar-refractivity contribution in [3.63, 3.8) is 0 Å². The summed E-state index contributed by atoms with van der Waals surface area (Å²) < 4.78 is 4.75. The number of nitrogen functional groups attached to an aromatic ring is 1. The number of ether oxygens (including phenoxy) is 1. The van der Waals surface area contributed by atoms with E-state index >= 15 is 0 Å². The number of aromatic nitrogens is 1. The van der Waals surface area contributed by atoms with Crippen molar-refractivity contribution in [1.29, 1.82) is 0 Å². The van der Waals surface area contributed by atoms with E-state index in [4.69, 9.17) is 22.1 Å². The normalized spacial score (nSPS) is 10.4. The molecule has 0 aliphatic heterocycles. The molecule has 0 unspecified atom stereocenters. The number of hydrogen-bond donors (Lipinski definition) is 2. The Morgan fingerprint density at radius 2 is 2.29 bits per heavy atom. The summed E-state index contributed by atoms with van der Waals surface area (Å²) >= 11 is 7.77. The number of aryl methyl sites for hydroxylation is 1. The second-order valence-corrected chi connectivity index (χ2v) is 5.83. The number of benzene rings is 1. The molecule has 112 valence electrons. The van der Waals surface area contributed by atoms with E-state index in [1.807, 2.05) is 12.3 Å². The largest absolute Gasteiger partial charge is 0.465 e. The molecule has 2 aromatic rings. The maximum Gasteiger partial charge on any atom is 0.340 e. The van der Waals surface area contributed by atoms with Crippen LogP contribution in [0.25, 0.3) is 0 Å². The van der Waals surface area contributed by atoms with Gasteiger partial charge in [-0.15, -0.1) is 11.3 Å². The average molecular weight is 326 g/mol. The molecular formula is C14H16ClN3O2S. The van der Waals surface area contributed by atoms with E-state index in [9.17, 15) is 4.79 Å². The Balaban J connectivity index is 2.13. The molecule has 0 fully saturated rings. The van der Waals surface area contributed by atoms with Crippen LogP contribution in [0.3, 0.4) is 0 Å². The lowest BCUT2D eigenvalue weighted by Crippen LogP contribution is -2.12. The van der Waals surface area contributed by atoms with E-state index in [0.29, 0.717) is 28.5 Å². The maximum atomic E-state index is 11.8. The lowest BCUT2D eigenvalue weighted by atomic mass is 10.1. The molecule has 0 saturated carbocycles. The maximum absolute atomic E-state index is 11.8. The summed E-state index contributed by atoms with van der Waals surface area (Å²) in [7, 11) is 1.32. The van der Waals surface area contributed by atoms with Gasteiger partial charge in [0.05, 0.1) is 28.4 Å². The van der Waals surface area contributed by atoms with Crippen LogP contribution in [0.15, 0.2) is 17.5 Å². The summed E-state index contributed by atoms with van der Waals surface area (Å²) in [6, 6.07) is 3.15. The highest BCUT2D eigenvalue weighted by Crippen LogP contribution is 2.29. The quantitative estimate of drug-likeness (QED) is 0.652. The SMILES string of the molecule is COC(=O)c1cc(N)cc(Cl)c1NCCc1nc(C)cs1. The van der Waals surface area contributed by atoms with Crippen molar-refractivity contribution in [1.82, 2.24) is 4.98 Å². The van der Waals surface area contributed by atoms with Crippen LogP contribution >= 0.6 is 22.9 Å². The fourth-order valence-corrected chi connectivity index (χ4v) is 2.96. The number of hydrogen-bond acceptors (Lipinski definition) is 6. The molecule has 3 N–H and O–H groups in total. The first-order chi connectivity index (χ1) is 10.0. The summed E-state index contributed by atoms with van der Waals surface area (Å²) in [5.41, 5.74) is 8.01. The number of thiazole rings is 1. The van der Waals surface area contributed by atoms with Crippen LogP contribution in [-0.4, -0.2) is 24.6 Å². The minimum absolute atomic E-state index is 0.331. The van der Waals surface area contributed by atoms with E-state index < -0.39 is 5.97 Å². The Morgan fingerprint density at radius 1 is 1.52 bits per heavy atom. The lowest BCUT2D eigenvalue weighted by Gasteiger charge is -2.13. The zero-order chi connectivity index (χ0) is 15.4. The van der Waals surface area contributed by atoms with Crippen molar-refractivity contribution in [2.45, 2.75) is 13.3 Å². The van der Waals surface area contributed by atoms with Crippen molar-refractivity contribution in [3.8, 4) is 0 Å². The standard InChI is InChI=1S/C14H16ClN3O2S/c1-8-7-21-12(18-8)3-4-17-13-10(14(19)20-2)5-9(16)6-11(13)15/h5-7,17H,3-4,16H2,1-2H3. The lowest BCUT2D eigenvalue weighted by molar-refractivity contribution is 0.0602. The van der Waals surface area contributed by atoms with Gasteiger partial charge in [0.1, 0.15) is 0 Å². The molecule has 7 heteroatoms. The summed E-state index contributed by atoms with van der Waals surface area (Å²) in [6.45, 7) is 2.57. The fraction of sp³-hybridized carbons (Fsp3) is 0.286. The Bertz CT molecular complexity index is 658. The summed E-state index contributed by atoms with van der Waals surface area (Å²) in [4.78, 5) is 16.2. The highest BCUT2D eigenvalue weighted by molar-refractivity contribution is 7.09. The Morgan fingerprint density at radius 3 is 2.90 bits per heavy atom. The number of halogens is 1. The molecule has 0 bridgehead atoms. The smallest absolute Gasteiger partial charge is 0.340 e. The average Bonchev–Trinajstić information content (AvgIpc) is 2.85. The van der Waals surface area contributed by atoms with Crippen molar-refractivity contribution in [3.05, 3.63) is 38.8 Å². The van der Waals surface area contributed by atoms with Gasteiger partial charge in [-0.05, 0) is 19.1 Å². The molecule has 1 aromatic carbocycles. The molecule has 21 heavy (non-hydrogen) atoms. The van der Waals surface area contributed by atoms with Gasteiger partial charge < -0.3 is 15.8 Å². The van der Waals surface area contributed by atoms with Crippen LogP contribution in [0.2, 0.25) is 5.02 Å². The number of anilines is 2. The third kappa shape index (κ3) is 3.86. The molecular weight excluding hydrogens is 310 g/mol. The van der Waals surface area contributed by atoms with Crippen LogP contribution < -0.4 is 11.1 Å². The molecule has 2 rings (SSSR count). The zero-order valence-electron chi connectivity index (χ0n) is 11.8. The first-order valence-electron chi connectivity index (χ1n) is 6.33. The molecule has 1 heterocycles. The number of nitrogens with two attached hydrogens (primary N) is 1. The minimum atomic E-state index is -0.475. The fourth-order valence-electron chi connectivity index (χ4n) is 1.89. The monoisotopic (exact) mass is 325 g/mol. The molecule has 0 amide bonds. The molecule has 0 atom stereocenters. The van der Waals surface area contributed by atoms with Crippen LogP contribution in [0, 0.1) is 6.92 Å². The molecule has 0 aliphatic rings. The molecule has 0 saturated heterocycles. The van der Waals surface area contributed by atoms with E-state index in [0.717, 1.165) is 17.1 Å². The first kappa shape index (κ1) is 15.6. The van der Waals surface area contributed by atoms with Gasteiger partial charge in [0, 0.05) is 29.7 Å². The van der Waals surface area contributed by atoms with Gasteiger partial charge in [-0.3, -0.25) is 0 Å². The van der Waals surface area contributed by atoms with E-state index in [1.165, 1.54) is 7.11 Å². The minimum Gasteiger partial charge on any atom is -0.465 e. The molecule has 1 aromatic heterocycles. The Labute approximate surface area is 132 Å². The van der Waals surface area contributed by atoms with Crippen molar-refractivity contribution in [2.75, 3.05) is 24.7 Å². The van der Waals surface area contributed by atoms with Gasteiger partial charge in [-0.25, -0.2) is 9.78 Å². The van der Waals surface area contributed by atoms with Crippen LogP contribution in [0.1, 0.15) is 21.1 Å². The van der Waals surface area contributed by atoms with E-state index in [-0.39, 0.29) is 0 Å². The highest BCUT2D eigenvalue weighted by atomic mass is 35.5. The number of esters is 1. The van der Waals surface area contributed by atoms with Gasteiger partial charge in [-0.2, -0.15) is 0 Å². The molecule has 5 nitrogen and oxygen atoms in total. The highest BCUT2D eigenvalue weighted by Gasteiger charge is 2.16. The number of rotatable bonds is 5. The molecule has 0 aliphatic carbocycles. The Kier molecular flexibility index (Phi) is 5.03. The predicted octanol–water partition coefficient (Wildman–Crippen LogP) is 3.13. The van der Waals surface area contributed by atoms with Crippen molar-refractivity contribution < 1.29 is 9.53 Å². The summed E-state index contributed by atoms with van der Waals surface area (Å²) in [6.07, 6.45) is 0.750. The van der Waals surface area contributed by atoms with Gasteiger partial charge in [0.15, 0.2) is 0 Å². The molecule has 0 spiro atoms. The van der Waals surface area contributed by atoms with Crippen LogP contribution in [0.5, 0.6) is 0 Å². The third-order valence-corrected chi connectivity index (χ3v) is 4.15. The number of nitrogens with zero attached hydrogens (tertiary/aromatic N) is 1. The Hall–Kier alpha value is -1.79. The van der Waals surface area contributed by atoms with Gasteiger partial charge in [-0.1, -0.05) is 11.6 Å². The summed E-state index contributed by atoms with van der Waals surface area (Å²) in [5.74, 6) is -0.475. The van der Waals surface area contributed by atoms with Gasteiger partial charge in [0.2, 0.25) is 0 Å². The predicted molar refractivity (Wildman–Crippen MR) is 86.2 cm³/mol. The second-order valence-electron chi connectivity index (χ2n) is 4.48. The van der Waals surface area contributed by atoms with Gasteiger partial charge in [0.25, 0.3) is 0 Å². The number of methoxy groups -OCH3 is 1. The zero-order valence-corrected chi connectivity index (χ0v) is 13.3. The topological polar surface area (TPSA) is 77.2 Å². The number of carbonyl (C=O) groups is 1. The summed E-state index contributed by atoms with van der Waals surface area (Å²) in [5, 5.41) is 6.59. The number of nitrogens with one attached hydrogen (secondary N) is 1. The van der Waals surface area contributed by atoms with E-state index in [2.05, 4.69) is 10.3 Å². The van der Waals surface area contributed by atoms with E-state index in [1.54, 1.807) is 23.5 Å². The second kappa shape index (κ2) is 6.78. The number of carbonyl (C=O) groups excluding carboxylic acids is 1. The third-order valence-electron chi connectivity index (χ3n) is 2.83. The van der Waals surface area contributed by atoms with Crippen molar-refractivity contribution in [2.24, 2.45) is 0 Å². The van der Waals surface area contributed by atoms with Gasteiger partial charge >= 0.3 is 5.97 Å². The first-order valence-corrected chi connectivity index (χ1v) is 7.59. The van der Waals surface area contributed by atoms with Crippen LogP contribution in [0.4, 0.5) is 11.4 Å². The van der Waals surface area contributed by atoms with Crippen molar-refractivity contribution >= 4 is 40.3 Å².